The van der Waals surface area contributed by atoms with Crippen molar-refractivity contribution in [1.29, 1.82) is 0 Å². The van der Waals surface area contributed by atoms with Gasteiger partial charge in [-0.25, -0.2) is 0 Å². The lowest BCUT2D eigenvalue weighted by atomic mass is 10.1. The third-order valence-electron chi connectivity index (χ3n) is 5.65. The number of fused-ring (bicyclic) bond motifs is 1. The zero-order valence-corrected chi connectivity index (χ0v) is 17.1. The molecule has 154 valence electrons. The van der Waals surface area contributed by atoms with Crippen molar-refractivity contribution < 1.29 is 9.59 Å². The molecule has 1 aliphatic rings. The summed E-state index contributed by atoms with van der Waals surface area (Å²) in [4.78, 5) is 39.2. The number of carbonyl (C=O) groups excluding carboxylic acids is 2. The molecule has 2 amide bonds. The number of benzene rings is 2. The van der Waals surface area contributed by atoms with Crippen LogP contribution in [0, 0.1) is 6.92 Å². The second-order valence-electron chi connectivity index (χ2n) is 7.69. The van der Waals surface area contributed by atoms with Crippen LogP contribution >= 0.6 is 0 Å². The highest BCUT2D eigenvalue weighted by atomic mass is 16.2. The van der Waals surface area contributed by atoms with Crippen molar-refractivity contribution >= 4 is 28.3 Å². The molecule has 0 aliphatic carbocycles. The average molecular weight is 403 g/mol. The summed E-state index contributed by atoms with van der Waals surface area (Å²) in [6, 6.07) is 14.6. The van der Waals surface area contributed by atoms with E-state index in [0.29, 0.717) is 36.1 Å². The van der Waals surface area contributed by atoms with Crippen molar-refractivity contribution in [3.05, 3.63) is 76.2 Å². The summed E-state index contributed by atoms with van der Waals surface area (Å²) >= 11 is 0. The summed E-state index contributed by atoms with van der Waals surface area (Å²) in [5.41, 5.74) is 2.04. The first-order valence-electron chi connectivity index (χ1n) is 10.3. The first-order chi connectivity index (χ1) is 14.5. The van der Waals surface area contributed by atoms with E-state index in [1.54, 1.807) is 35.0 Å². The van der Waals surface area contributed by atoms with Crippen LogP contribution in [-0.4, -0.2) is 34.4 Å². The Balaban J connectivity index is 1.53. The van der Waals surface area contributed by atoms with Crippen molar-refractivity contribution in [2.24, 2.45) is 0 Å². The molecule has 0 spiro atoms. The zero-order chi connectivity index (χ0) is 21.1. The van der Waals surface area contributed by atoms with Crippen LogP contribution in [0.4, 0.5) is 5.69 Å². The molecule has 30 heavy (non-hydrogen) atoms. The minimum absolute atomic E-state index is 0.0905. The lowest BCUT2D eigenvalue weighted by molar-refractivity contribution is -0.127. The number of aromatic nitrogens is 1. The smallest absolute Gasteiger partial charge is 0.258 e. The molecule has 1 saturated heterocycles. The van der Waals surface area contributed by atoms with Crippen LogP contribution in [0.15, 0.2) is 59.5 Å². The van der Waals surface area contributed by atoms with Gasteiger partial charge in [-0.3, -0.25) is 14.4 Å². The van der Waals surface area contributed by atoms with Crippen LogP contribution in [-0.2, 0) is 11.3 Å². The number of nitrogens with zero attached hydrogens (tertiary/aromatic N) is 2. The van der Waals surface area contributed by atoms with Gasteiger partial charge >= 0.3 is 0 Å². The highest BCUT2D eigenvalue weighted by molar-refractivity contribution is 6.09. The number of carbonyl (C=O) groups is 2. The van der Waals surface area contributed by atoms with Gasteiger partial charge in [0.05, 0.1) is 0 Å². The molecule has 4 rings (SSSR count). The lowest BCUT2D eigenvalue weighted by Crippen LogP contribution is -2.28. The normalized spacial score (nSPS) is 13.8. The van der Waals surface area contributed by atoms with Crippen LogP contribution in [0.1, 0.15) is 35.2 Å². The predicted octanol–water partition coefficient (Wildman–Crippen LogP) is 3.57. The summed E-state index contributed by atoms with van der Waals surface area (Å²) in [7, 11) is 0. The maximum Gasteiger partial charge on any atom is 0.258 e. The molecule has 1 fully saturated rings. The van der Waals surface area contributed by atoms with Gasteiger partial charge in [-0.2, -0.15) is 0 Å². The molecule has 3 aromatic rings. The zero-order valence-electron chi connectivity index (χ0n) is 17.1. The van der Waals surface area contributed by atoms with Gasteiger partial charge in [0.25, 0.3) is 11.5 Å². The molecule has 1 N–H and O–H groups in total. The molecule has 2 heterocycles. The third-order valence-corrected chi connectivity index (χ3v) is 5.65. The number of amides is 2. The molecule has 0 unspecified atom stereocenters. The third kappa shape index (κ3) is 3.99. The van der Waals surface area contributed by atoms with E-state index >= 15 is 0 Å². The largest absolute Gasteiger partial charge is 0.343 e. The fraction of sp³-hybridized carbons (Fsp3) is 0.292. The van der Waals surface area contributed by atoms with Gasteiger partial charge in [0.2, 0.25) is 5.91 Å². The molecule has 0 bridgehead atoms. The molecular weight excluding hydrogens is 378 g/mol. The highest BCUT2D eigenvalue weighted by Crippen LogP contribution is 2.22. The Morgan fingerprint density at radius 1 is 1.00 bits per heavy atom. The number of hydrogen-bond acceptors (Lipinski definition) is 3. The van der Waals surface area contributed by atoms with Gasteiger partial charge in [0.1, 0.15) is 0 Å². The van der Waals surface area contributed by atoms with E-state index in [-0.39, 0.29) is 17.4 Å². The Bertz CT molecular complexity index is 1170. The minimum Gasteiger partial charge on any atom is -0.343 e. The topological polar surface area (TPSA) is 71.4 Å². The number of hydrogen-bond donors (Lipinski definition) is 1. The van der Waals surface area contributed by atoms with E-state index in [9.17, 15) is 14.4 Å². The predicted molar refractivity (Wildman–Crippen MR) is 118 cm³/mol. The van der Waals surface area contributed by atoms with Crippen LogP contribution < -0.4 is 10.9 Å². The van der Waals surface area contributed by atoms with Crippen LogP contribution in [0.3, 0.4) is 0 Å². The molecule has 0 radical (unpaired) electrons. The highest BCUT2D eigenvalue weighted by Gasteiger charge is 2.19. The van der Waals surface area contributed by atoms with Gasteiger partial charge in [-0.15, -0.1) is 0 Å². The van der Waals surface area contributed by atoms with Gasteiger partial charge in [-0.1, -0.05) is 24.3 Å². The van der Waals surface area contributed by atoms with Gasteiger partial charge < -0.3 is 14.8 Å². The fourth-order valence-corrected chi connectivity index (χ4v) is 3.99. The number of likely N-dealkylation sites (tertiary alicyclic amines) is 1. The molecular formula is C24H25N3O3. The number of rotatable bonds is 6. The minimum atomic E-state index is -0.194. The standard InChI is InChI=1S/C24H25N3O3/c1-17-7-2-3-8-18(17)23(29)25-21-10-4-9-20-19(21)12-16-27(24(20)30)15-6-14-26-13-5-11-22(26)28/h2-4,7-10,12,16H,5-6,11,13-15H2,1H3,(H,25,29). The average Bonchev–Trinajstić information content (AvgIpc) is 3.15. The second kappa shape index (κ2) is 8.53. The number of pyridine rings is 1. The number of nitrogens with one attached hydrogen (secondary N) is 1. The van der Waals surface area contributed by atoms with Gasteiger partial charge in [-0.05, 0) is 49.6 Å². The summed E-state index contributed by atoms with van der Waals surface area (Å²) in [6.45, 7) is 3.94. The van der Waals surface area contributed by atoms with E-state index in [0.717, 1.165) is 30.3 Å². The van der Waals surface area contributed by atoms with E-state index in [4.69, 9.17) is 0 Å². The van der Waals surface area contributed by atoms with E-state index in [2.05, 4.69) is 5.32 Å². The Morgan fingerprint density at radius 3 is 2.60 bits per heavy atom. The first kappa shape index (κ1) is 19.9. The quantitative estimate of drug-likeness (QED) is 0.684. The Hall–Kier alpha value is -3.41. The van der Waals surface area contributed by atoms with Crippen molar-refractivity contribution in [3.8, 4) is 0 Å². The number of anilines is 1. The summed E-state index contributed by atoms with van der Waals surface area (Å²) in [6.07, 6.45) is 4.06. The monoisotopic (exact) mass is 403 g/mol. The molecule has 2 aromatic carbocycles. The van der Waals surface area contributed by atoms with Crippen molar-refractivity contribution in [3.63, 3.8) is 0 Å². The van der Waals surface area contributed by atoms with Crippen molar-refractivity contribution in [2.75, 3.05) is 18.4 Å². The first-order valence-corrected chi connectivity index (χ1v) is 10.3. The molecule has 6 nitrogen and oxygen atoms in total. The van der Waals surface area contributed by atoms with E-state index in [1.165, 1.54) is 0 Å². The van der Waals surface area contributed by atoms with E-state index < -0.39 is 0 Å². The van der Waals surface area contributed by atoms with Crippen LogP contribution in [0.5, 0.6) is 0 Å². The van der Waals surface area contributed by atoms with Gasteiger partial charge in [0.15, 0.2) is 0 Å². The van der Waals surface area contributed by atoms with E-state index in [1.807, 2.05) is 36.1 Å². The summed E-state index contributed by atoms with van der Waals surface area (Å²) < 4.78 is 1.68. The Kier molecular flexibility index (Phi) is 5.65. The molecule has 0 atom stereocenters. The number of aryl methyl sites for hydroxylation is 2. The fourth-order valence-electron chi connectivity index (χ4n) is 3.99. The Morgan fingerprint density at radius 2 is 1.83 bits per heavy atom. The van der Waals surface area contributed by atoms with Crippen LogP contribution in [0.2, 0.25) is 0 Å². The summed E-state index contributed by atoms with van der Waals surface area (Å²) in [5, 5.41) is 4.23. The lowest BCUT2D eigenvalue weighted by Gasteiger charge is -2.16. The molecule has 6 heteroatoms. The molecule has 1 aliphatic heterocycles. The maximum absolute atomic E-state index is 13.0. The molecule has 0 saturated carbocycles. The Labute approximate surface area is 175 Å². The summed E-state index contributed by atoms with van der Waals surface area (Å²) in [5.74, 6) is 0.00922. The van der Waals surface area contributed by atoms with Crippen molar-refractivity contribution in [1.82, 2.24) is 9.47 Å². The maximum atomic E-state index is 13.0. The SMILES string of the molecule is Cc1ccccc1C(=O)Nc1cccc2c(=O)n(CCCN3CCCC3=O)ccc12. The van der Waals surface area contributed by atoms with Crippen molar-refractivity contribution in [2.45, 2.75) is 32.7 Å². The second-order valence-corrected chi connectivity index (χ2v) is 7.69. The van der Waals surface area contributed by atoms with Gasteiger partial charge in [0, 0.05) is 54.3 Å². The van der Waals surface area contributed by atoms with Crippen LogP contribution in [0.25, 0.3) is 10.8 Å². The molecule has 1 aromatic heterocycles.